The molecule has 1 atom stereocenters. The van der Waals surface area contributed by atoms with Gasteiger partial charge in [0.2, 0.25) is 5.95 Å². The molecule has 0 spiro atoms. The zero-order valence-corrected chi connectivity index (χ0v) is 15.0. The Morgan fingerprint density at radius 3 is 2.63 bits per heavy atom. The van der Waals surface area contributed by atoms with Crippen molar-refractivity contribution in [1.82, 2.24) is 14.9 Å². The summed E-state index contributed by atoms with van der Waals surface area (Å²) in [5.74, 6) is 0.122. The number of amides is 2. The van der Waals surface area contributed by atoms with E-state index in [2.05, 4.69) is 10.3 Å². The zero-order chi connectivity index (χ0) is 18.8. The Bertz CT molecular complexity index is 983. The molecule has 2 amide bonds. The average Bonchev–Trinajstić information content (AvgIpc) is 3.26. The molecule has 0 bridgehead atoms. The highest BCUT2D eigenvalue weighted by molar-refractivity contribution is 5.96. The molecule has 2 aromatic carbocycles. The van der Waals surface area contributed by atoms with Crippen molar-refractivity contribution < 1.29 is 14.3 Å². The summed E-state index contributed by atoms with van der Waals surface area (Å²) < 4.78 is 6.89. The first-order valence-electron chi connectivity index (χ1n) is 8.82. The number of aromatic nitrogens is 2. The third-order valence-electron chi connectivity index (χ3n) is 4.73. The van der Waals surface area contributed by atoms with Crippen molar-refractivity contribution in [3.05, 3.63) is 60.2 Å². The van der Waals surface area contributed by atoms with Gasteiger partial charge in [0.05, 0.1) is 18.1 Å². The number of para-hydroxylation sites is 2. The molecule has 0 aliphatic carbocycles. The zero-order valence-electron chi connectivity index (χ0n) is 15.0. The predicted molar refractivity (Wildman–Crippen MR) is 102 cm³/mol. The van der Waals surface area contributed by atoms with E-state index in [0.717, 1.165) is 16.6 Å². The van der Waals surface area contributed by atoms with Crippen molar-refractivity contribution in [2.45, 2.75) is 19.0 Å². The molecule has 7 nitrogen and oxygen atoms in total. The first-order valence-corrected chi connectivity index (χ1v) is 8.82. The number of hydrogen-bond donors (Lipinski definition) is 1. The lowest BCUT2D eigenvalue weighted by atomic mass is 10.1. The van der Waals surface area contributed by atoms with Crippen molar-refractivity contribution in [1.29, 1.82) is 0 Å². The molecule has 1 aliphatic heterocycles. The molecule has 7 heteroatoms. The number of methoxy groups -OCH3 is 1. The highest BCUT2D eigenvalue weighted by Crippen LogP contribution is 2.27. The van der Waals surface area contributed by atoms with Crippen LogP contribution in [0.3, 0.4) is 0 Å². The van der Waals surface area contributed by atoms with Gasteiger partial charge in [0, 0.05) is 19.5 Å². The van der Waals surface area contributed by atoms with Crippen molar-refractivity contribution in [3.8, 4) is 0 Å². The Kier molecular flexibility index (Phi) is 4.50. The van der Waals surface area contributed by atoms with E-state index in [1.807, 2.05) is 59.2 Å². The summed E-state index contributed by atoms with van der Waals surface area (Å²) in [6.45, 7) is 1.18. The molecule has 0 saturated heterocycles. The number of imidazole rings is 1. The molecule has 0 saturated carbocycles. The summed E-state index contributed by atoms with van der Waals surface area (Å²) in [6.07, 6.45) is 0.365. The molecule has 1 aromatic heterocycles. The van der Waals surface area contributed by atoms with Crippen molar-refractivity contribution in [2.24, 2.45) is 0 Å². The van der Waals surface area contributed by atoms with Gasteiger partial charge in [0.15, 0.2) is 0 Å². The van der Waals surface area contributed by atoms with Gasteiger partial charge in [-0.25, -0.2) is 14.6 Å². The first-order chi connectivity index (χ1) is 13.2. The summed E-state index contributed by atoms with van der Waals surface area (Å²) >= 11 is 0. The SMILES string of the molecule is COC(=O)C(Cc1ccccc1)NC(=O)N1CCn2c1nc1ccccc12. The Morgan fingerprint density at radius 2 is 1.85 bits per heavy atom. The molecule has 1 aliphatic rings. The van der Waals surface area contributed by atoms with E-state index < -0.39 is 12.0 Å². The number of hydrogen-bond acceptors (Lipinski definition) is 4. The fourth-order valence-corrected chi connectivity index (χ4v) is 3.39. The molecule has 0 fully saturated rings. The molecular weight excluding hydrogens is 344 g/mol. The van der Waals surface area contributed by atoms with Gasteiger partial charge in [0.25, 0.3) is 0 Å². The number of anilines is 1. The Morgan fingerprint density at radius 1 is 1.11 bits per heavy atom. The summed E-state index contributed by atoms with van der Waals surface area (Å²) in [5.41, 5.74) is 2.79. The minimum atomic E-state index is -0.761. The van der Waals surface area contributed by atoms with E-state index in [0.29, 0.717) is 25.5 Å². The summed E-state index contributed by atoms with van der Waals surface area (Å²) in [7, 11) is 1.32. The van der Waals surface area contributed by atoms with Crippen LogP contribution in [0.15, 0.2) is 54.6 Å². The van der Waals surface area contributed by atoms with Crippen LogP contribution in [0.5, 0.6) is 0 Å². The van der Waals surface area contributed by atoms with Crippen LogP contribution in [-0.4, -0.2) is 41.2 Å². The van der Waals surface area contributed by atoms with Gasteiger partial charge in [0.1, 0.15) is 6.04 Å². The second-order valence-corrected chi connectivity index (χ2v) is 6.42. The Hall–Kier alpha value is -3.35. The second kappa shape index (κ2) is 7.11. The molecule has 4 rings (SSSR count). The lowest BCUT2D eigenvalue weighted by molar-refractivity contribution is -0.142. The standard InChI is InChI=1S/C20H20N4O3/c1-27-18(25)16(13-14-7-3-2-4-8-14)22-20(26)24-12-11-23-17-10-6-5-9-15(17)21-19(23)24/h2-10,16H,11-13H2,1H3,(H,22,26). The molecule has 3 aromatic rings. The molecular formula is C20H20N4O3. The van der Waals surface area contributed by atoms with E-state index in [1.54, 1.807) is 4.90 Å². The van der Waals surface area contributed by atoms with Gasteiger partial charge < -0.3 is 14.6 Å². The minimum Gasteiger partial charge on any atom is -0.467 e. The number of nitrogens with one attached hydrogen (secondary N) is 1. The van der Waals surface area contributed by atoms with Crippen LogP contribution in [0.1, 0.15) is 5.56 Å². The maximum Gasteiger partial charge on any atom is 0.328 e. The van der Waals surface area contributed by atoms with Gasteiger partial charge in [-0.2, -0.15) is 0 Å². The quantitative estimate of drug-likeness (QED) is 0.721. The summed E-state index contributed by atoms with van der Waals surface area (Å²) in [6, 6.07) is 16.2. The molecule has 0 radical (unpaired) electrons. The predicted octanol–water partition coefficient (Wildman–Crippen LogP) is 2.35. The fourth-order valence-electron chi connectivity index (χ4n) is 3.39. The number of ether oxygens (including phenoxy) is 1. The molecule has 2 heterocycles. The van der Waals surface area contributed by atoms with Gasteiger partial charge >= 0.3 is 12.0 Å². The van der Waals surface area contributed by atoms with Crippen molar-refractivity contribution >= 4 is 29.0 Å². The van der Waals surface area contributed by atoms with E-state index in [1.165, 1.54) is 7.11 Å². The molecule has 27 heavy (non-hydrogen) atoms. The van der Waals surface area contributed by atoms with Crippen LogP contribution in [0, 0.1) is 0 Å². The maximum absolute atomic E-state index is 12.9. The van der Waals surface area contributed by atoms with Crippen LogP contribution < -0.4 is 10.2 Å². The minimum absolute atomic E-state index is 0.351. The summed E-state index contributed by atoms with van der Waals surface area (Å²) in [4.78, 5) is 31.2. The van der Waals surface area contributed by atoms with Gasteiger partial charge in [-0.15, -0.1) is 0 Å². The fraction of sp³-hybridized carbons (Fsp3) is 0.250. The number of urea groups is 1. The normalized spacial score (nSPS) is 14.0. The monoisotopic (exact) mass is 364 g/mol. The smallest absolute Gasteiger partial charge is 0.328 e. The topological polar surface area (TPSA) is 76.5 Å². The number of benzene rings is 2. The third kappa shape index (κ3) is 3.23. The average molecular weight is 364 g/mol. The van der Waals surface area contributed by atoms with E-state index in [4.69, 9.17) is 4.74 Å². The number of rotatable bonds is 4. The van der Waals surface area contributed by atoms with Gasteiger partial charge in [-0.1, -0.05) is 42.5 Å². The third-order valence-corrected chi connectivity index (χ3v) is 4.73. The van der Waals surface area contributed by atoms with E-state index in [-0.39, 0.29) is 6.03 Å². The van der Waals surface area contributed by atoms with Crippen molar-refractivity contribution in [3.63, 3.8) is 0 Å². The molecule has 138 valence electrons. The van der Waals surface area contributed by atoms with Crippen molar-refractivity contribution in [2.75, 3.05) is 18.6 Å². The largest absolute Gasteiger partial charge is 0.467 e. The second-order valence-electron chi connectivity index (χ2n) is 6.42. The number of fused-ring (bicyclic) bond motifs is 3. The van der Waals surface area contributed by atoms with Crippen LogP contribution >= 0.6 is 0 Å². The van der Waals surface area contributed by atoms with Gasteiger partial charge in [-0.3, -0.25) is 4.90 Å². The number of carbonyl (C=O) groups is 2. The highest BCUT2D eigenvalue weighted by Gasteiger charge is 2.31. The number of esters is 1. The molecule has 1 unspecified atom stereocenters. The lowest BCUT2D eigenvalue weighted by Crippen LogP contribution is -2.49. The Balaban J connectivity index is 1.55. The van der Waals surface area contributed by atoms with Crippen LogP contribution in [0.25, 0.3) is 11.0 Å². The number of carbonyl (C=O) groups excluding carboxylic acids is 2. The first kappa shape index (κ1) is 17.1. The highest BCUT2D eigenvalue weighted by atomic mass is 16.5. The van der Waals surface area contributed by atoms with E-state index in [9.17, 15) is 9.59 Å². The molecule has 1 N–H and O–H groups in total. The van der Waals surface area contributed by atoms with E-state index >= 15 is 0 Å². The van der Waals surface area contributed by atoms with Crippen LogP contribution in [0.2, 0.25) is 0 Å². The summed E-state index contributed by atoms with van der Waals surface area (Å²) in [5, 5.41) is 2.80. The maximum atomic E-state index is 12.9. The van der Waals surface area contributed by atoms with Crippen LogP contribution in [0.4, 0.5) is 10.7 Å². The number of nitrogens with zero attached hydrogens (tertiary/aromatic N) is 3. The lowest BCUT2D eigenvalue weighted by Gasteiger charge is -2.21. The Labute approximate surface area is 156 Å². The van der Waals surface area contributed by atoms with Gasteiger partial charge in [-0.05, 0) is 17.7 Å². The van der Waals surface area contributed by atoms with Crippen LogP contribution in [-0.2, 0) is 22.5 Å².